The van der Waals surface area contributed by atoms with E-state index in [1.54, 1.807) is 0 Å². The second-order valence-corrected chi connectivity index (χ2v) is 2.91. The molecule has 1 aliphatic heterocycles. The zero-order chi connectivity index (χ0) is 11.5. The highest BCUT2D eigenvalue weighted by molar-refractivity contribution is 7.45. The molecule has 0 aliphatic carbocycles. The van der Waals surface area contributed by atoms with Gasteiger partial charge >= 0.3 is 19.8 Å². The van der Waals surface area contributed by atoms with Crippen LogP contribution in [0.3, 0.4) is 0 Å². The third-order valence-corrected chi connectivity index (χ3v) is 0.757. The van der Waals surface area contributed by atoms with Gasteiger partial charge in [-0.1, -0.05) is 0 Å². The molecule has 1 heterocycles. The number of phosphoric acid groups is 1. The van der Waals surface area contributed by atoms with Gasteiger partial charge in [0.05, 0.1) is 0 Å². The minimum atomic E-state index is -4.64. The number of carbonyl (C=O) groups is 2. The SMILES string of the molecule is O=C(O)C1=C(C(=O)O)O1.O=P(O)(O)O. The predicted octanol–water partition coefficient (Wildman–Crippen LogP) is -1.53. The number of carboxylic acid groups (broad SMARTS) is 2. The molecule has 14 heavy (non-hydrogen) atoms. The van der Waals surface area contributed by atoms with E-state index in [4.69, 9.17) is 29.5 Å². The number of hydrogen-bond donors (Lipinski definition) is 5. The van der Waals surface area contributed by atoms with Crippen LogP contribution in [0.15, 0.2) is 11.5 Å². The van der Waals surface area contributed by atoms with Gasteiger partial charge in [-0.25, -0.2) is 14.2 Å². The van der Waals surface area contributed by atoms with Gasteiger partial charge in [-0.2, -0.15) is 0 Å². The maximum Gasteiger partial charge on any atom is 0.466 e. The van der Waals surface area contributed by atoms with Crippen LogP contribution < -0.4 is 0 Å². The maximum absolute atomic E-state index is 9.83. The van der Waals surface area contributed by atoms with Crippen LogP contribution in [-0.2, 0) is 18.9 Å². The number of aliphatic carboxylic acids is 2. The zero-order valence-corrected chi connectivity index (χ0v) is 7.21. The Bertz CT molecular complexity index is 304. The molecule has 9 nitrogen and oxygen atoms in total. The summed E-state index contributed by atoms with van der Waals surface area (Å²) in [6.45, 7) is 0. The van der Waals surface area contributed by atoms with Crippen molar-refractivity contribution in [3.63, 3.8) is 0 Å². The molecule has 0 amide bonds. The van der Waals surface area contributed by atoms with Gasteiger partial charge in [0.15, 0.2) is 0 Å². The van der Waals surface area contributed by atoms with Gasteiger partial charge in [0.25, 0.3) is 11.5 Å². The Hall–Kier alpha value is -1.41. The lowest BCUT2D eigenvalue weighted by Gasteiger charge is -1.82. The average Bonchev–Trinajstić information content (AvgIpc) is 2.57. The molecule has 1 rings (SSSR count). The minimum absolute atomic E-state index is 0.470. The summed E-state index contributed by atoms with van der Waals surface area (Å²) in [5, 5.41) is 16.1. The van der Waals surface area contributed by atoms with Crippen LogP contribution >= 0.6 is 7.82 Å². The molecule has 0 atom stereocenters. The van der Waals surface area contributed by atoms with E-state index >= 15 is 0 Å². The molecule has 5 N–H and O–H groups in total. The largest absolute Gasteiger partial charge is 0.475 e. The Morgan fingerprint density at radius 2 is 1.21 bits per heavy atom. The first-order valence-corrected chi connectivity index (χ1v) is 4.36. The fraction of sp³-hybridized carbons (Fsp3) is 0. The summed E-state index contributed by atoms with van der Waals surface area (Å²) in [5.41, 5.74) is 0. The summed E-state index contributed by atoms with van der Waals surface area (Å²) in [7, 11) is -4.64. The molecule has 0 aromatic carbocycles. The van der Waals surface area contributed by atoms with Crippen LogP contribution in [0.4, 0.5) is 0 Å². The summed E-state index contributed by atoms with van der Waals surface area (Å²) >= 11 is 0. The number of carboxylic acids is 2. The van der Waals surface area contributed by atoms with Gasteiger partial charge in [-0.05, 0) is 0 Å². The van der Waals surface area contributed by atoms with E-state index in [9.17, 15) is 9.59 Å². The van der Waals surface area contributed by atoms with E-state index in [2.05, 4.69) is 4.74 Å². The highest BCUT2D eigenvalue weighted by atomic mass is 31.2. The van der Waals surface area contributed by atoms with Crippen LogP contribution in [-0.4, -0.2) is 36.8 Å². The van der Waals surface area contributed by atoms with Gasteiger partial charge < -0.3 is 29.6 Å². The molecular formula is C4H5O9P. The second-order valence-electron chi connectivity index (χ2n) is 1.88. The van der Waals surface area contributed by atoms with Gasteiger partial charge in [0, 0.05) is 0 Å². The van der Waals surface area contributed by atoms with Crippen molar-refractivity contribution in [2.24, 2.45) is 0 Å². The van der Waals surface area contributed by atoms with Crippen LogP contribution in [0, 0.1) is 0 Å². The van der Waals surface area contributed by atoms with Crippen molar-refractivity contribution in [1.82, 2.24) is 0 Å². The average molecular weight is 228 g/mol. The lowest BCUT2D eigenvalue weighted by Crippen LogP contribution is -1.91. The van der Waals surface area contributed by atoms with Crippen LogP contribution in [0.2, 0.25) is 0 Å². The van der Waals surface area contributed by atoms with Gasteiger partial charge in [0.1, 0.15) is 0 Å². The maximum atomic E-state index is 9.83. The fourth-order valence-electron chi connectivity index (χ4n) is 0.358. The van der Waals surface area contributed by atoms with Crippen molar-refractivity contribution in [2.45, 2.75) is 0 Å². The molecule has 10 heteroatoms. The lowest BCUT2D eigenvalue weighted by molar-refractivity contribution is -0.134. The van der Waals surface area contributed by atoms with Crippen molar-refractivity contribution in [3.05, 3.63) is 11.5 Å². The van der Waals surface area contributed by atoms with Crippen molar-refractivity contribution in [3.8, 4) is 0 Å². The quantitative estimate of drug-likeness (QED) is 0.352. The van der Waals surface area contributed by atoms with E-state index in [0.29, 0.717) is 0 Å². The molecule has 1 aliphatic rings. The monoisotopic (exact) mass is 228 g/mol. The first kappa shape index (κ1) is 12.6. The van der Waals surface area contributed by atoms with Gasteiger partial charge in [-0.15, -0.1) is 0 Å². The molecule has 0 bridgehead atoms. The standard InChI is InChI=1S/C4H2O5.H3O4P/c5-3(6)1-2(9-1)4(7)8;1-5(2,3)4/h(H,5,6)(H,7,8);(H3,1,2,3,4). The van der Waals surface area contributed by atoms with Crippen molar-refractivity contribution >= 4 is 19.8 Å². The molecular weight excluding hydrogens is 223 g/mol. The fourth-order valence-corrected chi connectivity index (χ4v) is 0.358. The van der Waals surface area contributed by atoms with Crippen LogP contribution in [0.25, 0.3) is 0 Å². The Balaban J connectivity index is 0.000000292. The Kier molecular flexibility index (Phi) is 3.78. The Labute approximate surface area is 76.1 Å². The molecule has 0 aromatic heterocycles. The number of hydrogen-bond acceptors (Lipinski definition) is 4. The Morgan fingerprint density at radius 1 is 1.00 bits per heavy atom. The van der Waals surface area contributed by atoms with Gasteiger partial charge in [0.2, 0.25) is 0 Å². The summed E-state index contributed by atoms with van der Waals surface area (Å²) in [6, 6.07) is 0. The number of ether oxygens (including phenoxy) is 1. The van der Waals surface area contributed by atoms with E-state index in [0.717, 1.165) is 0 Å². The first-order chi connectivity index (χ1) is 6.13. The van der Waals surface area contributed by atoms with E-state index in [1.807, 2.05) is 0 Å². The first-order valence-electron chi connectivity index (χ1n) is 2.80. The highest BCUT2D eigenvalue weighted by Gasteiger charge is 2.37. The molecule has 0 radical (unpaired) electrons. The van der Waals surface area contributed by atoms with Crippen molar-refractivity contribution in [1.29, 1.82) is 0 Å². The Morgan fingerprint density at radius 3 is 1.29 bits per heavy atom. The number of rotatable bonds is 2. The molecule has 0 saturated heterocycles. The topological polar surface area (TPSA) is 165 Å². The molecule has 0 unspecified atom stereocenters. The molecule has 0 saturated carbocycles. The van der Waals surface area contributed by atoms with Crippen LogP contribution in [0.5, 0.6) is 0 Å². The second kappa shape index (κ2) is 4.20. The van der Waals surface area contributed by atoms with Crippen LogP contribution in [0.1, 0.15) is 0 Å². The predicted molar refractivity (Wildman–Crippen MR) is 37.6 cm³/mol. The molecule has 0 spiro atoms. The van der Waals surface area contributed by atoms with Gasteiger partial charge in [-0.3, -0.25) is 0 Å². The zero-order valence-electron chi connectivity index (χ0n) is 6.32. The highest BCUT2D eigenvalue weighted by Crippen LogP contribution is 2.26. The minimum Gasteiger partial charge on any atom is -0.475 e. The summed E-state index contributed by atoms with van der Waals surface area (Å²) < 4.78 is 13.0. The van der Waals surface area contributed by atoms with Crippen molar-refractivity contribution in [2.75, 3.05) is 0 Å². The summed E-state index contributed by atoms with van der Waals surface area (Å²) in [6.07, 6.45) is 0. The normalized spacial score (nSPS) is 13.6. The molecule has 0 fully saturated rings. The third-order valence-electron chi connectivity index (χ3n) is 0.757. The van der Waals surface area contributed by atoms with E-state index in [1.165, 1.54) is 0 Å². The summed E-state index contributed by atoms with van der Waals surface area (Å²) in [5.74, 6) is -3.62. The van der Waals surface area contributed by atoms with Crippen molar-refractivity contribution < 1.29 is 43.8 Å². The molecule has 80 valence electrons. The third kappa shape index (κ3) is 6.14. The lowest BCUT2D eigenvalue weighted by atomic mass is 10.5. The smallest absolute Gasteiger partial charge is 0.466 e. The molecule has 0 aromatic rings. The van der Waals surface area contributed by atoms with E-state index in [-0.39, 0.29) is 0 Å². The van der Waals surface area contributed by atoms with E-state index < -0.39 is 31.3 Å². The summed E-state index contributed by atoms with van der Waals surface area (Å²) in [4.78, 5) is 41.2.